The number of oxazole rings is 1. The Morgan fingerprint density at radius 1 is 1.47 bits per heavy atom. The number of aryl methyl sites for hydroxylation is 1. The Labute approximate surface area is 102 Å². The molecule has 1 aromatic heterocycles. The first-order valence-electron chi connectivity index (χ1n) is 6.42. The number of rotatable bonds is 3. The minimum Gasteiger partial charge on any atom is -0.444 e. The van der Waals surface area contributed by atoms with Gasteiger partial charge < -0.3 is 10.2 Å². The molecular formula is C13H21N3O. The summed E-state index contributed by atoms with van der Waals surface area (Å²) in [5.41, 5.74) is 6.07. The minimum absolute atomic E-state index is 0.0781. The van der Waals surface area contributed by atoms with Crippen molar-refractivity contribution in [3.05, 3.63) is 17.8 Å². The largest absolute Gasteiger partial charge is 0.444 e. The molecule has 1 unspecified atom stereocenters. The number of hydrogen-bond acceptors (Lipinski definition) is 3. The predicted molar refractivity (Wildman–Crippen MR) is 67.9 cm³/mol. The summed E-state index contributed by atoms with van der Waals surface area (Å²) in [6.45, 7) is 3.86. The van der Waals surface area contributed by atoms with E-state index < -0.39 is 0 Å². The van der Waals surface area contributed by atoms with Crippen molar-refractivity contribution in [3.63, 3.8) is 0 Å². The zero-order valence-corrected chi connectivity index (χ0v) is 10.6. The van der Waals surface area contributed by atoms with Gasteiger partial charge in [0.2, 0.25) is 5.89 Å². The van der Waals surface area contributed by atoms with Crippen molar-refractivity contribution in [3.8, 4) is 0 Å². The normalized spacial score (nSPS) is 20.5. The SMILES string of the molecule is Cc1cnc(C(C)N=C(N)C2CCCCC2)o1. The lowest BCUT2D eigenvalue weighted by Crippen LogP contribution is -2.26. The summed E-state index contributed by atoms with van der Waals surface area (Å²) in [7, 11) is 0. The van der Waals surface area contributed by atoms with Gasteiger partial charge in [-0.05, 0) is 26.7 Å². The molecule has 0 spiro atoms. The molecule has 4 nitrogen and oxygen atoms in total. The van der Waals surface area contributed by atoms with Crippen molar-refractivity contribution in [2.75, 3.05) is 0 Å². The van der Waals surface area contributed by atoms with E-state index in [1.54, 1.807) is 6.20 Å². The molecular weight excluding hydrogens is 214 g/mol. The van der Waals surface area contributed by atoms with Gasteiger partial charge in [0.15, 0.2) is 0 Å². The molecule has 0 aromatic carbocycles. The number of nitrogens with two attached hydrogens (primary N) is 1. The molecule has 17 heavy (non-hydrogen) atoms. The second-order valence-corrected chi connectivity index (χ2v) is 4.87. The van der Waals surface area contributed by atoms with E-state index in [-0.39, 0.29) is 6.04 Å². The molecule has 1 fully saturated rings. The maximum absolute atomic E-state index is 6.07. The third-order valence-corrected chi connectivity index (χ3v) is 3.36. The van der Waals surface area contributed by atoms with Crippen LogP contribution in [0.3, 0.4) is 0 Å². The lowest BCUT2D eigenvalue weighted by Gasteiger charge is -2.21. The zero-order valence-electron chi connectivity index (χ0n) is 10.6. The van der Waals surface area contributed by atoms with Gasteiger partial charge in [-0.2, -0.15) is 0 Å². The first-order chi connectivity index (χ1) is 8.16. The summed E-state index contributed by atoms with van der Waals surface area (Å²) in [4.78, 5) is 8.71. The van der Waals surface area contributed by atoms with Gasteiger partial charge in [0.05, 0.1) is 12.0 Å². The predicted octanol–water partition coefficient (Wildman–Crippen LogP) is 2.98. The Kier molecular flexibility index (Phi) is 3.82. The third-order valence-electron chi connectivity index (χ3n) is 3.36. The van der Waals surface area contributed by atoms with E-state index in [0.29, 0.717) is 11.8 Å². The molecule has 0 aliphatic heterocycles. The fourth-order valence-electron chi connectivity index (χ4n) is 2.35. The Bertz CT molecular complexity index is 391. The number of aromatic nitrogens is 1. The lowest BCUT2D eigenvalue weighted by molar-refractivity contribution is 0.426. The highest BCUT2D eigenvalue weighted by atomic mass is 16.4. The van der Waals surface area contributed by atoms with Gasteiger partial charge in [0.25, 0.3) is 0 Å². The second kappa shape index (κ2) is 5.34. The zero-order chi connectivity index (χ0) is 12.3. The molecule has 1 aliphatic rings. The molecule has 1 aromatic rings. The van der Waals surface area contributed by atoms with Crippen LogP contribution in [0.15, 0.2) is 15.6 Å². The lowest BCUT2D eigenvalue weighted by atomic mass is 9.88. The van der Waals surface area contributed by atoms with Crippen LogP contribution in [-0.4, -0.2) is 10.8 Å². The molecule has 1 saturated carbocycles. The Morgan fingerprint density at radius 3 is 2.76 bits per heavy atom. The highest BCUT2D eigenvalue weighted by Crippen LogP contribution is 2.25. The van der Waals surface area contributed by atoms with Crippen LogP contribution < -0.4 is 5.73 Å². The van der Waals surface area contributed by atoms with Crippen LogP contribution in [0.4, 0.5) is 0 Å². The Balaban J connectivity index is 2.02. The number of hydrogen-bond donors (Lipinski definition) is 1. The van der Waals surface area contributed by atoms with E-state index in [1.165, 1.54) is 32.1 Å². The topological polar surface area (TPSA) is 64.4 Å². The smallest absolute Gasteiger partial charge is 0.218 e. The number of amidine groups is 1. The van der Waals surface area contributed by atoms with Crippen LogP contribution in [0.2, 0.25) is 0 Å². The van der Waals surface area contributed by atoms with Crippen LogP contribution in [0.5, 0.6) is 0 Å². The molecule has 94 valence electrons. The van der Waals surface area contributed by atoms with Gasteiger partial charge in [-0.3, -0.25) is 4.99 Å². The summed E-state index contributed by atoms with van der Waals surface area (Å²) in [6, 6.07) is -0.0781. The van der Waals surface area contributed by atoms with Crippen molar-refractivity contribution in [2.24, 2.45) is 16.6 Å². The van der Waals surface area contributed by atoms with Gasteiger partial charge in [0.1, 0.15) is 11.8 Å². The van der Waals surface area contributed by atoms with E-state index in [9.17, 15) is 0 Å². The van der Waals surface area contributed by atoms with E-state index in [2.05, 4.69) is 9.98 Å². The minimum atomic E-state index is -0.0781. The van der Waals surface area contributed by atoms with Crippen LogP contribution in [0, 0.1) is 12.8 Å². The standard InChI is InChI=1S/C13H21N3O/c1-9-8-15-13(17-9)10(2)16-12(14)11-6-4-3-5-7-11/h8,10-11H,3-7H2,1-2H3,(H2,14,16). The molecule has 1 atom stereocenters. The van der Waals surface area contributed by atoms with E-state index in [0.717, 1.165) is 11.6 Å². The summed E-state index contributed by atoms with van der Waals surface area (Å²) in [6.07, 6.45) is 7.94. The average molecular weight is 235 g/mol. The maximum atomic E-state index is 6.07. The molecule has 0 radical (unpaired) electrons. The molecule has 2 N–H and O–H groups in total. The number of nitrogens with zero attached hydrogens (tertiary/aromatic N) is 2. The van der Waals surface area contributed by atoms with Gasteiger partial charge in [0, 0.05) is 5.92 Å². The monoisotopic (exact) mass is 235 g/mol. The van der Waals surface area contributed by atoms with Gasteiger partial charge in [-0.15, -0.1) is 0 Å². The average Bonchev–Trinajstić information content (AvgIpc) is 2.77. The molecule has 4 heteroatoms. The fourth-order valence-corrected chi connectivity index (χ4v) is 2.35. The molecule has 1 aliphatic carbocycles. The van der Waals surface area contributed by atoms with Gasteiger partial charge in [-0.1, -0.05) is 19.3 Å². The van der Waals surface area contributed by atoms with Gasteiger partial charge >= 0.3 is 0 Å². The van der Waals surface area contributed by atoms with Crippen LogP contribution in [0.25, 0.3) is 0 Å². The highest BCUT2D eigenvalue weighted by molar-refractivity contribution is 5.83. The molecule has 2 rings (SSSR count). The summed E-state index contributed by atoms with van der Waals surface area (Å²) in [5, 5.41) is 0. The number of aliphatic imine (C=N–C) groups is 1. The second-order valence-electron chi connectivity index (χ2n) is 4.87. The van der Waals surface area contributed by atoms with E-state index >= 15 is 0 Å². The Hall–Kier alpha value is -1.32. The van der Waals surface area contributed by atoms with E-state index in [1.807, 2.05) is 13.8 Å². The van der Waals surface area contributed by atoms with Crippen molar-refractivity contribution in [1.29, 1.82) is 0 Å². The van der Waals surface area contributed by atoms with Crippen molar-refractivity contribution < 1.29 is 4.42 Å². The molecule has 0 saturated heterocycles. The van der Waals surface area contributed by atoms with Crippen molar-refractivity contribution >= 4 is 5.84 Å². The summed E-state index contributed by atoms with van der Waals surface area (Å²) < 4.78 is 5.46. The molecule has 0 amide bonds. The first kappa shape index (κ1) is 12.1. The molecule has 0 bridgehead atoms. The van der Waals surface area contributed by atoms with Gasteiger partial charge in [-0.25, -0.2) is 4.98 Å². The van der Waals surface area contributed by atoms with E-state index in [4.69, 9.17) is 10.2 Å². The quantitative estimate of drug-likeness (QED) is 0.647. The van der Waals surface area contributed by atoms with Crippen LogP contribution in [0.1, 0.15) is 56.7 Å². The fraction of sp³-hybridized carbons (Fsp3) is 0.692. The summed E-state index contributed by atoms with van der Waals surface area (Å²) >= 11 is 0. The summed E-state index contributed by atoms with van der Waals surface area (Å²) in [5.74, 6) is 2.70. The van der Waals surface area contributed by atoms with Crippen LogP contribution in [-0.2, 0) is 0 Å². The van der Waals surface area contributed by atoms with Crippen molar-refractivity contribution in [1.82, 2.24) is 4.98 Å². The maximum Gasteiger partial charge on any atom is 0.218 e. The highest BCUT2D eigenvalue weighted by Gasteiger charge is 2.19. The molecule has 1 heterocycles. The third kappa shape index (κ3) is 3.08. The Morgan fingerprint density at radius 2 is 2.18 bits per heavy atom. The van der Waals surface area contributed by atoms with Crippen molar-refractivity contribution in [2.45, 2.75) is 52.0 Å². The first-order valence-corrected chi connectivity index (χ1v) is 6.42. The van der Waals surface area contributed by atoms with Crippen LogP contribution >= 0.6 is 0 Å².